The zero-order valence-corrected chi connectivity index (χ0v) is 18.4. The molecule has 2 aromatic carbocycles. The predicted molar refractivity (Wildman–Crippen MR) is 120 cm³/mol. The molecule has 2 fully saturated rings. The third-order valence-corrected chi connectivity index (χ3v) is 7.32. The van der Waals surface area contributed by atoms with Crippen molar-refractivity contribution >= 4 is 23.2 Å². The van der Waals surface area contributed by atoms with Gasteiger partial charge in [-0.25, -0.2) is 0 Å². The van der Waals surface area contributed by atoms with E-state index in [0.29, 0.717) is 0 Å². The lowest BCUT2D eigenvalue weighted by molar-refractivity contribution is 0.262. The minimum absolute atomic E-state index is 0.133. The van der Waals surface area contributed by atoms with Gasteiger partial charge in [0.05, 0.1) is 9.75 Å². The van der Waals surface area contributed by atoms with Crippen LogP contribution in [0.3, 0.4) is 0 Å². The number of halogens is 2. The van der Waals surface area contributed by atoms with Crippen LogP contribution in [0.25, 0.3) is 0 Å². The van der Waals surface area contributed by atoms with Crippen molar-refractivity contribution in [1.82, 2.24) is 4.90 Å². The molecule has 1 nitrogen and oxygen atoms in total. The molecule has 0 N–H and O–H groups in total. The highest BCUT2D eigenvalue weighted by molar-refractivity contribution is 6.28. The van der Waals surface area contributed by atoms with E-state index in [1.807, 2.05) is 0 Å². The molecule has 0 aromatic heterocycles. The Hall–Kier alpha value is -1.02. The average molecular weight is 416 g/mol. The monoisotopic (exact) mass is 415 g/mol. The van der Waals surface area contributed by atoms with Crippen LogP contribution in [-0.4, -0.2) is 18.0 Å². The summed E-state index contributed by atoms with van der Waals surface area (Å²) in [5.74, 6) is 0. The minimum Gasteiger partial charge on any atom is -0.299 e. The fourth-order valence-electron chi connectivity index (χ4n) is 4.20. The van der Waals surface area contributed by atoms with E-state index in [1.54, 1.807) is 0 Å². The van der Waals surface area contributed by atoms with Crippen LogP contribution in [0.4, 0.5) is 0 Å². The van der Waals surface area contributed by atoms with E-state index < -0.39 is 0 Å². The van der Waals surface area contributed by atoms with Crippen LogP contribution in [0.2, 0.25) is 0 Å². The first-order chi connectivity index (χ1) is 13.5. The fourth-order valence-corrected chi connectivity index (χ4v) is 4.71. The van der Waals surface area contributed by atoms with E-state index in [1.165, 1.54) is 35.1 Å². The van der Waals surface area contributed by atoms with E-state index >= 15 is 0 Å². The molecule has 0 saturated heterocycles. The van der Waals surface area contributed by atoms with Crippen LogP contribution in [0.15, 0.2) is 48.5 Å². The van der Waals surface area contributed by atoms with Crippen molar-refractivity contribution in [3.05, 3.63) is 70.8 Å². The summed E-state index contributed by atoms with van der Waals surface area (Å²) in [6, 6.07) is 17.7. The topological polar surface area (TPSA) is 3.24 Å². The van der Waals surface area contributed by atoms with Gasteiger partial charge in [0, 0.05) is 6.54 Å². The van der Waals surface area contributed by atoms with Crippen molar-refractivity contribution in [3.63, 3.8) is 0 Å². The molecular weight excluding hydrogens is 385 g/mol. The summed E-state index contributed by atoms with van der Waals surface area (Å²) in [7, 11) is 0. The molecule has 0 spiro atoms. The first kappa shape index (κ1) is 20.3. The fraction of sp³-hybridized carbons (Fsp3) is 0.520. The molecule has 2 aliphatic rings. The predicted octanol–water partition coefficient (Wildman–Crippen LogP) is 6.99. The molecule has 0 amide bonds. The third kappa shape index (κ3) is 4.75. The summed E-state index contributed by atoms with van der Waals surface area (Å²) in [6.45, 7) is 5.58. The minimum atomic E-state index is -0.141. The summed E-state index contributed by atoms with van der Waals surface area (Å²) >= 11 is 13.6. The zero-order valence-electron chi connectivity index (χ0n) is 16.9. The van der Waals surface area contributed by atoms with Crippen LogP contribution in [0, 0.1) is 0 Å². The largest absolute Gasteiger partial charge is 0.299 e. The Bertz CT molecular complexity index is 793. The Morgan fingerprint density at radius 2 is 1.50 bits per heavy atom. The summed E-state index contributed by atoms with van der Waals surface area (Å²) in [4.78, 5) is 2.30. The van der Waals surface area contributed by atoms with Gasteiger partial charge in [-0.3, -0.25) is 4.90 Å². The molecule has 0 radical (unpaired) electrons. The molecule has 3 heteroatoms. The van der Waals surface area contributed by atoms with Crippen LogP contribution >= 0.6 is 23.2 Å². The van der Waals surface area contributed by atoms with Gasteiger partial charge in [-0.2, -0.15) is 0 Å². The Morgan fingerprint density at radius 1 is 0.821 bits per heavy atom. The van der Waals surface area contributed by atoms with Crippen molar-refractivity contribution in [2.75, 3.05) is 13.1 Å². The molecule has 0 atom stereocenters. The van der Waals surface area contributed by atoms with E-state index in [-0.39, 0.29) is 9.75 Å². The number of benzene rings is 2. The molecule has 2 saturated carbocycles. The van der Waals surface area contributed by atoms with Crippen LogP contribution < -0.4 is 0 Å². The average Bonchev–Trinajstić information content (AvgIpc) is 3.62. The Balaban J connectivity index is 1.39. The van der Waals surface area contributed by atoms with Gasteiger partial charge in [0.15, 0.2) is 0 Å². The second-order valence-corrected chi connectivity index (χ2v) is 10.1. The van der Waals surface area contributed by atoms with Crippen molar-refractivity contribution in [2.45, 2.75) is 68.2 Å². The van der Waals surface area contributed by atoms with Crippen molar-refractivity contribution in [2.24, 2.45) is 0 Å². The Kier molecular flexibility index (Phi) is 6.06. The molecule has 4 rings (SSSR count). The second-order valence-electron chi connectivity index (χ2n) is 8.68. The molecular formula is C25H31Cl2N. The van der Waals surface area contributed by atoms with Gasteiger partial charge in [0.2, 0.25) is 0 Å². The lowest BCUT2D eigenvalue weighted by Crippen LogP contribution is -2.25. The first-order valence-electron chi connectivity index (χ1n) is 10.8. The van der Waals surface area contributed by atoms with Crippen LogP contribution in [-0.2, 0) is 22.7 Å². The molecule has 0 aliphatic heterocycles. The van der Waals surface area contributed by atoms with Gasteiger partial charge in [0.1, 0.15) is 0 Å². The van der Waals surface area contributed by atoms with Gasteiger partial charge in [0.25, 0.3) is 0 Å². The smallest absolute Gasteiger partial charge is 0.0699 e. The first-order valence-corrected chi connectivity index (χ1v) is 11.6. The van der Waals surface area contributed by atoms with Gasteiger partial charge >= 0.3 is 0 Å². The van der Waals surface area contributed by atoms with Crippen molar-refractivity contribution < 1.29 is 0 Å². The van der Waals surface area contributed by atoms with Crippen LogP contribution in [0.5, 0.6) is 0 Å². The lowest BCUT2D eigenvalue weighted by Gasteiger charge is -2.22. The van der Waals surface area contributed by atoms with E-state index in [4.69, 9.17) is 23.2 Å². The SMILES string of the molecule is CCCN(CCCc1ccc(C2(Cl)CC2)c(C2(Cl)CC2)c1)Cc1ccccc1. The molecule has 0 bridgehead atoms. The van der Waals surface area contributed by atoms with Gasteiger partial charge in [-0.1, -0.05) is 55.5 Å². The Labute approximate surface area is 180 Å². The number of alkyl halides is 2. The van der Waals surface area contributed by atoms with Crippen molar-refractivity contribution in [1.29, 1.82) is 0 Å². The summed E-state index contributed by atoms with van der Waals surface area (Å²) in [5.41, 5.74) is 5.41. The maximum Gasteiger partial charge on any atom is 0.0699 e. The zero-order chi connectivity index (χ0) is 19.6. The number of aryl methyl sites for hydroxylation is 1. The summed E-state index contributed by atoms with van der Waals surface area (Å²) < 4.78 is 0. The summed E-state index contributed by atoms with van der Waals surface area (Å²) in [6.07, 6.45) is 7.80. The molecule has 150 valence electrons. The molecule has 28 heavy (non-hydrogen) atoms. The highest BCUT2D eigenvalue weighted by Crippen LogP contribution is 2.60. The maximum absolute atomic E-state index is 6.83. The normalized spacial score (nSPS) is 19.0. The molecule has 0 heterocycles. The van der Waals surface area contributed by atoms with E-state index in [9.17, 15) is 0 Å². The molecule has 0 unspecified atom stereocenters. The van der Waals surface area contributed by atoms with Crippen molar-refractivity contribution in [3.8, 4) is 0 Å². The molecule has 2 aliphatic carbocycles. The van der Waals surface area contributed by atoms with Gasteiger partial charge < -0.3 is 0 Å². The third-order valence-electron chi connectivity index (χ3n) is 6.16. The van der Waals surface area contributed by atoms with Crippen LogP contribution in [0.1, 0.15) is 67.7 Å². The van der Waals surface area contributed by atoms with E-state index in [2.05, 4.69) is 60.4 Å². The quantitative estimate of drug-likeness (QED) is 0.378. The number of hydrogen-bond acceptors (Lipinski definition) is 1. The summed E-state index contributed by atoms with van der Waals surface area (Å²) in [5, 5.41) is 0. The highest BCUT2D eigenvalue weighted by atomic mass is 35.5. The maximum atomic E-state index is 6.83. The van der Waals surface area contributed by atoms with E-state index in [0.717, 1.165) is 51.7 Å². The van der Waals surface area contributed by atoms with Gasteiger partial charge in [-0.15, -0.1) is 23.2 Å². The second kappa shape index (κ2) is 8.38. The number of nitrogens with zero attached hydrogens (tertiary/aromatic N) is 1. The lowest BCUT2D eigenvalue weighted by atomic mass is 9.94. The van der Waals surface area contributed by atoms with Gasteiger partial charge in [-0.05, 0) is 80.3 Å². The Morgan fingerprint density at radius 3 is 2.14 bits per heavy atom. The highest BCUT2D eigenvalue weighted by Gasteiger charge is 2.50. The number of hydrogen-bond donors (Lipinski definition) is 0. The molecule has 2 aromatic rings. The number of rotatable bonds is 10. The standard InChI is InChI=1S/C25H31Cl2N/c1-2-16-28(19-21-7-4-3-5-8-21)17-6-9-20-10-11-22(24(26)12-13-24)23(18-20)25(27)14-15-25/h3-5,7-8,10-11,18H,2,6,9,12-17,19H2,1H3.